The summed E-state index contributed by atoms with van der Waals surface area (Å²) in [5.41, 5.74) is 0.355. The largest absolute Gasteiger partial charge is 0.317 e. The average molecular weight is 285 g/mol. The topological polar surface area (TPSA) is 70.7 Å². The number of hydrogen-bond donors (Lipinski definition) is 2. The first kappa shape index (κ1) is 12.9. The van der Waals surface area contributed by atoms with Crippen LogP contribution in [-0.2, 0) is 6.42 Å². The molecule has 94 valence electrons. The number of carbonyl (C=O) groups excluding carboxylic acids is 1. The van der Waals surface area contributed by atoms with Gasteiger partial charge in [-0.2, -0.15) is 0 Å². The maximum atomic E-state index is 11.9. The van der Waals surface area contributed by atoms with Crippen molar-refractivity contribution in [1.29, 1.82) is 0 Å². The first-order chi connectivity index (χ1) is 8.61. The lowest BCUT2D eigenvalue weighted by atomic mass is 10.3. The van der Waals surface area contributed by atoms with Crippen LogP contribution in [0.4, 0.5) is 5.69 Å². The van der Waals surface area contributed by atoms with Gasteiger partial charge in [-0.25, -0.2) is 4.98 Å². The molecule has 5 nitrogen and oxygen atoms in total. The van der Waals surface area contributed by atoms with E-state index in [2.05, 4.69) is 20.5 Å². The van der Waals surface area contributed by atoms with E-state index >= 15 is 0 Å². The van der Waals surface area contributed by atoms with E-state index in [1.54, 1.807) is 18.2 Å². The highest BCUT2D eigenvalue weighted by atomic mass is 35.5. The molecule has 0 aliphatic heterocycles. The second-order valence-corrected chi connectivity index (χ2v) is 4.32. The number of nitrogens with zero attached hydrogens (tertiary/aromatic N) is 2. The van der Waals surface area contributed by atoms with Gasteiger partial charge in [0, 0.05) is 6.42 Å². The second kappa shape index (κ2) is 5.37. The van der Waals surface area contributed by atoms with Gasteiger partial charge in [0.2, 0.25) is 5.82 Å². The summed E-state index contributed by atoms with van der Waals surface area (Å²) in [7, 11) is 0. The number of halogens is 2. The molecule has 0 bridgehead atoms. The Morgan fingerprint density at radius 1 is 1.39 bits per heavy atom. The van der Waals surface area contributed by atoms with Gasteiger partial charge in [0.1, 0.15) is 5.82 Å². The first-order valence-electron chi connectivity index (χ1n) is 5.28. The Morgan fingerprint density at radius 3 is 2.61 bits per heavy atom. The highest BCUT2D eigenvalue weighted by molar-refractivity contribution is 6.39. The van der Waals surface area contributed by atoms with Crippen molar-refractivity contribution >= 4 is 34.8 Å². The Hall–Kier alpha value is -1.59. The number of hydrogen-bond acceptors (Lipinski definition) is 3. The van der Waals surface area contributed by atoms with E-state index in [9.17, 15) is 4.79 Å². The smallest absolute Gasteiger partial charge is 0.295 e. The number of aryl methyl sites for hydroxylation is 1. The second-order valence-electron chi connectivity index (χ2n) is 3.51. The molecule has 1 heterocycles. The zero-order valence-corrected chi connectivity index (χ0v) is 11.0. The van der Waals surface area contributed by atoms with Crippen LogP contribution >= 0.6 is 23.2 Å². The van der Waals surface area contributed by atoms with Gasteiger partial charge in [-0.15, -0.1) is 5.10 Å². The average Bonchev–Trinajstić information content (AvgIpc) is 2.82. The highest BCUT2D eigenvalue weighted by Gasteiger charge is 2.15. The molecule has 18 heavy (non-hydrogen) atoms. The van der Waals surface area contributed by atoms with Crippen LogP contribution in [0.25, 0.3) is 0 Å². The van der Waals surface area contributed by atoms with Crippen molar-refractivity contribution in [2.45, 2.75) is 13.3 Å². The molecule has 0 spiro atoms. The van der Waals surface area contributed by atoms with Gasteiger partial charge in [-0.05, 0) is 12.1 Å². The van der Waals surface area contributed by atoms with Gasteiger partial charge in [-0.1, -0.05) is 36.2 Å². The number of anilines is 1. The summed E-state index contributed by atoms with van der Waals surface area (Å²) in [5, 5.41) is 9.78. The first-order valence-corrected chi connectivity index (χ1v) is 6.04. The zero-order chi connectivity index (χ0) is 13.1. The molecule has 0 saturated heterocycles. The Labute approximate surface area is 114 Å². The van der Waals surface area contributed by atoms with Crippen molar-refractivity contribution in [3.8, 4) is 0 Å². The summed E-state index contributed by atoms with van der Waals surface area (Å²) in [4.78, 5) is 15.9. The van der Waals surface area contributed by atoms with Crippen LogP contribution in [0.15, 0.2) is 18.2 Å². The molecule has 0 unspecified atom stereocenters. The molecule has 1 aromatic carbocycles. The number of para-hydroxylation sites is 1. The minimum Gasteiger partial charge on any atom is -0.317 e. The molecule has 0 fully saturated rings. The number of amides is 1. The standard InChI is InChI=1S/C11H10Cl2N4O/c1-2-8-14-10(17-16-8)11(18)15-9-6(12)4-3-5-7(9)13/h3-5H,2H2,1H3,(H,15,18)(H,14,16,17). The number of benzene rings is 1. The van der Waals surface area contributed by atoms with Crippen LogP contribution in [0.1, 0.15) is 23.4 Å². The lowest BCUT2D eigenvalue weighted by Crippen LogP contribution is -2.14. The fourth-order valence-electron chi connectivity index (χ4n) is 1.34. The maximum absolute atomic E-state index is 11.9. The van der Waals surface area contributed by atoms with Crippen LogP contribution in [0, 0.1) is 0 Å². The molecule has 0 aliphatic rings. The Morgan fingerprint density at radius 2 is 2.06 bits per heavy atom. The summed E-state index contributed by atoms with van der Waals surface area (Å²) in [6.45, 7) is 1.91. The fourth-order valence-corrected chi connectivity index (χ4v) is 1.83. The maximum Gasteiger partial charge on any atom is 0.295 e. The zero-order valence-electron chi connectivity index (χ0n) is 9.50. The number of rotatable bonds is 3. The molecular weight excluding hydrogens is 275 g/mol. The highest BCUT2D eigenvalue weighted by Crippen LogP contribution is 2.29. The quantitative estimate of drug-likeness (QED) is 0.910. The monoisotopic (exact) mass is 284 g/mol. The lowest BCUT2D eigenvalue weighted by Gasteiger charge is -2.06. The third-order valence-corrected chi connectivity index (χ3v) is 2.90. The molecule has 0 radical (unpaired) electrons. The van der Waals surface area contributed by atoms with Crippen LogP contribution in [0.3, 0.4) is 0 Å². The third-order valence-electron chi connectivity index (χ3n) is 2.27. The van der Waals surface area contributed by atoms with Crippen LogP contribution < -0.4 is 5.32 Å². The van der Waals surface area contributed by atoms with E-state index in [-0.39, 0.29) is 5.82 Å². The summed E-state index contributed by atoms with van der Waals surface area (Å²) in [6, 6.07) is 4.97. The van der Waals surface area contributed by atoms with Crippen molar-refractivity contribution < 1.29 is 4.79 Å². The summed E-state index contributed by atoms with van der Waals surface area (Å²) in [6.07, 6.45) is 0.674. The van der Waals surface area contributed by atoms with E-state index in [0.29, 0.717) is 28.0 Å². The molecule has 1 aromatic heterocycles. The van der Waals surface area contributed by atoms with Gasteiger partial charge in [0.15, 0.2) is 0 Å². The Bertz CT molecular complexity index is 562. The number of carbonyl (C=O) groups is 1. The molecule has 0 aliphatic carbocycles. The van der Waals surface area contributed by atoms with Gasteiger partial charge in [0.25, 0.3) is 5.91 Å². The normalized spacial score (nSPS) is 10.4. The predicted molar refractivity (Wildman–Crippen MR) is 70.2 cm³/mol. The SMILES string of the molecule is CCc1nc(C(=O)Nc2c(Cl)cccc2Cl)n[nH]1. The molecule has 0 atom stereocenters. The van der Waals surface area contributed by atoms with Crippen molar-refractivity contribution in [2.75, 3.05) is 5.32 Å². The molecular formula is C11H10Cl2N4O. The number of aromatic nitrogens is 3. The van der Waals surface area contributed by atoms with Gasteiger partial charge < -0.3 is 5.32 Å². The summed E-state index contributed by atoms with van der Waals surface area (Å²) >= 11 is 11.9. The van der Waals surface area contributed by atoms with Crippen molar-refractivity contribution in [3.05, 3.63) is 39.9 Å². The van der Waals surface area contributed by atoms with Crippen molar-refractivity contribution in [3.63, 3.8) is 0 Å². The van der Waals surface area contributed by atoms with E-state index < -0.39 is 5.91 Å². The predicted octanol–water partition coefficient (Wildman–Crippen LogP) is 2.93. The third kappa shape index (κ3) is 2.63. The van der Waals surface area contributed by atoms with E-state index in [1.165, 1.54) is 0 Å². The minimum atomic E-state index is -0.457. The number of nitrogens with one attached hydrogen (secondary N) is 2. The van der Waals surface area contributed by atoms with Gasteiger partial charge in [-0.3, -0.25) is 9.89 Å². The van der Waals surface area contributed by atoms with Gasteiger partial charge >= 0.3 is 0 Å². The summed E-state index contributed by atoms with van der Waals surface area (Å²) in [5.74, 6) is 0.245. The van der Waals surface area contributed by atoms with Crippen molar-refractivity contribution in [1.82, 2.24) is 15.2 Å². The Kier molecular flexibility index (Phi) is 3.84. The molecule has 0 saturated carbocycles. The molecule has 7 heteroatoms. The van der Waals surface area contributed by atoms with Crippen LogP contribution in [0.5, 0.6) is 0 Å². The van der Waals surface area contributed by atoms with E-state index in [1.807, 2.05) is 6.92 Å². The number of H-pyrrole nitrogens is 1. The van der Waals surface area contributed by atoms with E-state index in [0.717, 1.165) is 0 Å². The molecule has 1 amide bonds. The molecule has 2 aromatic rings. The van der Waals surface area contributed by atoms with Crippen molar-refractivity contribution in [2.24, 2.45) is 0 Å². The molecule has 2 N–H and O–H groups in total. The van der Waals surface area contributed by atoms with Crippen LogP contribution in [-0.4, -0.2) is 21.1 Å². The van der Waals surface area contributed by atoms with E-state index in [4.69, 9.17) is 23.2 Å². The fraction of sp³-hybridized carbons (Fsp3) is 0.182. The Balaban J connectivity index is 2.21. The van der Waals surface area contributed by atoms with Crippen LogP contribution in [0.2, 0.25) is 10.0 Å². The lowest BCUT2D eigenvalue weighted by molar-refractivity contribution is 0.101. The number of aromatic amines is 1. The summed E-state index contributed by atoms with van der Waals surface area (Å²) < 4.78 is 0. The minimum absolute atomic E-state index is 0.0582. The van der Waals surface area contributed by atoms with Gasteiger partial charge in [0.05, 0.1) is 15.7 Å². The molecule has 2 rings (SSSR count).